The van der Waals surface area contributed by atoms with Gasteiger partial charge in [0, 0.05) is 11.6 Å². The number of amides is 1. The number of nitrogens with zero attached hydrogens (tertiary/aromatic N) is 4. The van der Waals surface area contributed by atoms with Gasteiger partial charge in [-0.1, -0.05) is 11.3 Å². The summed E-state index contributed by atoms with van der Waals surface area (Å²) in [6.45, 7) is 1.58. The molecule has 0 saturated carbocycles. The van der Waals surface area contributed by atoms with Gasteiger partial charge in [0.1, 0.15) is 23.0 Å². The van der Waals surface area contributed by atoms with Gasteiger partial charge >= 0.3 is 0 Å². The largest absolute Gasteiger partial charge is 0.497 e. The summed E-state index contributed by atoms with van der Waals surface area (Å²) >= 11 is 1.18. The molecular weight excluding hydrogens is 370 g/mol. The molecule has 3 aromatic rings. The molecule has 1 N–H and O–H groups in total. The molecule has 0 aliphatic rings. The fourth-order valence-corrected chi connectivity index (χ4v) is 2.83. The number of nitrogens with one attached hydrogen (secondary N) is 1. The fourth-order valence-electron chi connectivity index (χ4n) is 2.38. The van der Waals surface area contributed by atoms with Gasteiger partial charge in [-0.25, -0.2) is 4.68 Å². The van der Waals surface area contributed by atoms with Crippen LogP contribution in [0.4, 0.5) is 5.13 Å². The summed E-state index contributed by atoms with van der Waals surface area (Å²) in [6, 6.07) is 7.59. The Morgan fingerprint density at radius 2 is 1.96 bits per heavy atom. The highest BCUT2D eigenvalue weighted by Crippen LogP contribution is 2.28. The number of hydrogen-bond donors (Lipinski definition) is 1. The van der Waals surface area contributed by atoms with E-state index >= 15 is 0 Å². The Morgan fingerprint density at radius 3 is 2.56 bits per heavy atom. The van der Waals surface area contributed by atoms with Gasteiger partial charge < -0.3 is 9.47 Å². The fraction of sp³-hybridized carbons (Fsp3) is 0.235. The molecule has 0 spiro atoms. The first-order chi connectivity index (χ1) is 13.0. The predicted molar refractivity (Wildman–Crippen MR) is 100 cm³/mol. The molecule has 0 aliphatic heterocycles. The molecule has 0 unspecified atom stereocenters. The summed E-state index contributed by atoms with van der Waals surface area (Å²) in [7, 11) is 3.03. The monoisotopic (exact) mass is 387 g/mol. The van der Waals surface area contributed by atoms with Crippen LogP contribution in [0.25, 0.3) is 11.3 Å². The van der Waals surface area contributed by atoms with E-state index in [9.17, 15) is 9.59 Å². The Labute approximate surface area is 158 Å². The standard InChI is InChI=1S/C17H17N5O4S/c1-10(16(24)19-17-20-18-9-27-17)22-14(23)8-13(26-3)15(21-22)11-4-6-12(25-2)7-5-11/h4-10H,1-3H3,(H,19,20,24)/t10-/m1/s1. The van der Waals surface area contributed by atoms with Gasteiger partial charge in [-0.2, -0.15) is 5.10 Å². The number of carbonyl (C=O) groups is 1. The molecule has 0 radical (unpaired) electrons. The Kier molecular flexibility index (Phi) is 5.46. The highest BCUT2D eigenvalue weighted by molar-refractivity contribution is 7.13. The number of rotatable bonds is 6. The van der Waals surface area contributed by atoms with E-state index in [0.717, 1.165) is 10.2 Å². The Morgan fingerprint density at radius 1 is 1.22 bits per heavy atom. The number of ether oxygens (including phenoxy) is 2. The highest BCUT2D eigenvalue weighted by atomic mass is 32.1. The van der Waals surface area contributed by atoms with E-state index in [4.69, 9.17) is 9.47 Å². The first-order valence-electron chi connectivity index (χ1n) is 7.92. The molecule has 2 aromatic heterocycles. The van der Waals surface area contributed by atoms with Crippen molar-refractivity contribution in [1.82, 2.24) is 20.0 Å². The van der Waals surface area contributed by atoms with E-state index < -0.39 is 17.5 Å². The number of benzene rings is 1. The van der Waals surface area contributed by atoms with Gasteiger partial charge in [0.15, 0.2) is 5.75 Å². The molecule has 0 saturated heterocycles. The van der Waals surface area contributed by atoms with Crippen LogP contribution >= 0.6 is 11.3 Å². The zero-order valence-electron chi connectivity index (χ0n) is 14.9. The maximum Gasteiger partial charge on any atom is 0.271 e. The normalized spacial score (nSPS) is 11.7. The van der Waals surface area contributed by atoms with E-state index in [1.807, 2.05) is 0 Å². The lowest BCUT2D eigenvalue weighted by atomic mass is 10.1. The molecular formula is C17H17N5O4S. The second-order valence-electron chi connectivity index (χ2n) is 5.48. The summed E-state index contributed by atoms with van der Waals surface area (Å²) in [5, 5.41) is 14.7. The van der Waals surface area contributed by atoms with Gasteiger partial charge in [0.05, 0.1) is 14.2 Å². The third-order valence-electron chi connectivity index (χ3n) is 3.84. The minimum atomic E-state index is -0.857. The average molecular weight is 387 g/mol. The van der Waals surface area contributed by atoms with Crippen molar-refractivity contribution in [2.45, 2.75) is 13.0 Å². The second-order valence-corrected chi connectivity index (χ2v) is 6.31. The quantitative estimate of drug-likeness (QED) is 0.689. The topological polar surface area (TPSA) is 108 Å². The van der Waals surface area contributed by atoms with Crippen LogP contribution < -0.4 is 20.3 Å². The second kappa shape index (κ2) is 7.96. The van der Waals surface area contributed by atoms with Gasteiger partial charge in [-0.05, 0) is 31.2 Å². The molecule has 9 nitrogen and oxygen atoms in total. The first-order valence-corrected chi connectivity index (χ1v) is 8.80. The highest BCUT2D eigenvalue weighted by Gasteiger charge is 2.21. The van der Waals surface area contributed by atoms with Crippen LogP contribution in [-0.4, -0.2) is 40.1 Å². The first kappa shape index (κ1) is 18.5. The molecule has 0 fully saturated rings. The number of hydrogen-bond acceptors (Lipinski definition) is 8. The minimum absolute atomic E-state index is 0.318. The molecule has 27 heavy (non-hydrogen) atoms. The third-order valence-corrected chi connectivity index (χ3v) is 4.45. The van der Waals surface area contributed by atoms with Crippen LogP contribution in [-0.2, 0) is 4.79 Å². The van der Waals surface area contributed by atoms with Crippen molar-refractivity contribution in [2.24, 2.45) is 0 Å². The van der Waals surface area contributed by atoms with E-state index in [1.54, 1.807) is 38.3 Å². The summed E-state index contributed by atoms with van der Waals surface area (Å²) in [5.41, 5.74) is 2.21. The Bertz CT molecular complexity index is 986. The van der Waals surface area contributed by atoms with E-state index in [0.29, 0.717) is 22.3 Å². The van der Waals surface area contributed by atoms with Crippen molar-refractivity contribution in [3.8, 4) is 22.8 Å². The molecule has 1 aromatic carbocycles. The van der Waals surface area contributed by atoms with Crippen LogP contribution in [0.2, 0.25) is 0 Å². The molecule has 0 bridgehead atoms. The lowest BCUT2D eigenvalue weighted by Crippen LogP contribution is -2.33. The van der Waals surface area contributed by atoms with E-state index in [2.05, 4.69) is 20.6 Å². The summed E-state index contributed by atoms with van der Waals surface area (Å²) in [4.78, 5) is 24.9. The summed E-state index contributed by atoms with van der Waals surface area (Å²) in [5.74, 6) is 0.584. The Hall–Kier alpha value is -3.27. The third kappa shape index (κ3) is 3.95. The zero-order valence-corrected chi connectivity index (χ0v) is 15.7. The minimum Gasteiger partial charge on any atom is -0.497 e. The summed E-state index contributed by atoms with van der Waals surface area (Å²) < 4.78 is 11.6. The van der Waals surface area contributed by atoms with Gasteiger partial charge in [-0.15, -0.1) is 10.2 Å². The predicted octanol–water partition coefficient (Wildman–Crippen LogP) is 1.98. The van der Waals surface area contributed by atoms with Gasteiger partial charge in [-0.3, -0.25) is 14.9 Å². The van der Waals surface area contributed by atoms with Crippen LogP contribution in [0, 0.1) is 0 Å². The van der Waals surface area contributed by atoms with Crippen molar-refractivity contribution in [1.29, 1.82) is 0 Å². The SMILES string of the molecule is COc1ccc(-c2nn([C@H](C)C(=O)Nc3nncs3)c(=O)cc2OC)cc1. The van der Waals surface area contributed by atoms with Crippen molar-refractivity contribution in [3.05, 3.63) is 46.2 Å². The average Bonchev–Trinajstić information content (AvgIpc) is 3.20. The number of methoxy groups -OCH3 is 2. The molecule has 2 heterocycles. The van der Waals surface area contributed by atoms with Crippen LogP contribution in [0.15, 0.2) is 40.6 Å². The number of anilines is 1. The maximum absolute atomic E-state index is 12.4. The lowest BCUT2D eigenvalue weighted by molar-refractivity contribution is -0.119. The van der Waals surface area contributed by atoms with Crippen LogP contribution in [0.5, 0.6) is 11.5 Å². The van der Waals surface area contributed by atoms with Crippen LogP contribution in [0.1, 0.15) is 13.0 Å². The van der Waals surface area contributed by atoms with Gasteiger partial charge in [0.25, 0.3) is 11.5 Å². The zero-order chi connectivity index (χ0) is 19.4. The molecule has 10 heteroatoms. The molecule has 1 amide bonds. The van der Waals surface area contributed by atoms with E-state index in [-0.39, 0.29) is 0 Å². The molecule has 1 atom stereocenters. The van der Waals surface area contributed by atoms with Crippen molar-refractivity contribution in [3.63, 3.8) is 0 Å². The van der Waals surface area contributed by atoms with Crippen molar-refractivity contribution < 1.29 is 14.3 Å². The molecule has 0 aliphatic carbocycles. The van der Waals surface area contributed by atoms with E-state index in [1.165, 1.54) is 30.0 Å². The summed E-state index contributed by atoms with van der Waals surface area (Å²) in [6.07, 6.45) is 0. The number of carbonyl (C=O) groups excluding carboxylic acids is 1. The van der Waals surface area contributed by atoms with Crippen LogP contribution in [0.3, 0.4) is 0 Å². The van der Waals surface area contributed by atoms with Gasteiger partial charge in [0.2, 0.25) is 5.13 Å². The van der Waals surface area contributed by atoms with Crippen molar-refractivity contribution in [2.75, 3.05) is 19.5 Å². The molecule has 3 rings (SSSR count). The number of aromatic nitrogens is 4. The van der Waals surface area contributed by atoms with Crippen molar-refractivity contribution >= 4 is 22.4 Å². The maximum atomic E-state index is 12.4. The smallest absolute Gasteiger partial charge is 0.271 e. The molecule has 140 valence electrons. The Balaban J connectivity index is 1.97. The lowest BCUT2D eigenvalue weighted by Gasteiger charge is -2.16.